The highest BCUT2D eigenvalue weighted by Gasteiger charge is 2.13. The summed E-state index contributed by atoms with van der Waals surface area (Å²) in [6.07, 6.45) is 6.17. The summed E-state index contributed by atoms with van der Waals surface area (Å²) in [6.45, 7) is 2.05. The highest BCUT2D eigenvalue weighted by molar-refractivity contribution is 5.27. The third kappa shape index (κ3) is 3.27. The van der Waals surface area contributed by atoms with E-state index in [0.29, 0.717) is 5.88 Å². The zero-order valence-electron chi connectivity index (χ0n) is 11.1. The Bertz CT molecular complexity index is 527. The second-order valence-electron chi connectivity index (χ2n) is 4.36. The van der Waals surface area contributed by atoms with Gasteiger partial charge >= 0.3 is 0 Å². The molecule has 5 heteroatoms. The van der Waals surface area contributed by atoms with Crippen LogP contribution in [0.4, 0.5) is 0 Å². The van der Waals surface area contributed by atoms with Crippen LogP contribution in [0.3, 0.4) is 0 Å². The van der Waals surface area contributed by atoms with E-state index >= 15 is 0 Å². The number of pyridine rings is 2. The third-order valence-corrected chi connectivity index (χ3v) is 3.10. The number of rotatable bonds is 5. The van der Waals surface area contributed by atoms with Gasteiger partial charge in [-0.3, -0.25) is 16.3 Å². The number of methoxy groups -OCH3 is 1. The summed E-state index contributed by atoms with van der Waals surface area (Å²) >= 11 is 0. The first-order valence-electron chi connectivity index (χ1n) is 6.10. The fraction of sp³-hybridized carbons (Fsp3) is 0.286. The van der Waals surface area contributed by atoms with E-state index in [2.05, 4.69) is 15.4 Å². The summed E-state index contributed by atoms with van der Waals surface area (Å²) in [5, 5.41) is 0. The van der Waals surface area contributed by atoms with Crippen molar-refractivity contribution in [3.63, 3.8) is 0 Å². The number of hydrazine groups is 1. The van der Waals surface area contributed by atoms with E-state index in [1.54, 1.807) is 19.5 Å². The maximum absolute atomic E-state index is 5.65. The second-order valence-corrected chi connectivity index (χ2v) is 4.36. The van der Waals surface area contributed by atoms with E-state index in [4.69, 9.17) is 10.6 Å². The molecule has 0 aliphatic rings. The van der Waals surface area contributed by atoms with Crippen LogP contribution in [0.25, 0.3) is 0 Å². The molecular weight excluding hydrogens is 240 g/mol. The van der Waals surface area contributed by atoms with Crippen molar-refractivity contribution in [1.29, 1.82) is 0 Å². The van der Waals surface area contributed by atoms with Crippen molar-refractivity contribution >= 4 is 0 Å². The molecule has 0 aliphatic carbocycles. The lowest BCUT2D eigenvalue weighted by Crippen LogP contribution is -2.30. The van der Waals surface area contributed by atoms with Crippen molar-refractivity contribution in [2.24, 2.45) is 5.84 Å². The Hall–Kier alpha value is -1.98. The van der Waals surface area contributed by atoms with Crippen molar-refractivity contribution in [2.75, 3.05) is 7.11 Å². The summed E-state index contributed by atoms with van der Waals surface area (Å²) in [4.78, 5) is 8.35. The molecule has 2 aromatic heterocycles. The Labute approximate surface area is 112 Å². The summed E-state index contributed by atoms with van der Waals surface area (Å²) in [5.41, 5.74) is 6.19. The van der Waals surface area contributed by atoms with E-state index in [1.165, 1.54) is 5.56 Å². The van der Waals surface area contributed by atoms with E-state index in [9.17, 15) is 0 Å². The third-order valence-electron chi connectivity index (χ3n) is 3.10. The topological polar surface area (TPSA) is 73.1 Å². The van der Waals surface area contributed by atoms with Gasteiger partial charge in [0.05, 0.1) is 13.2 Å². The molecule has 1 atom stereocenters. The number of nitrogens with two attached hydrogens (primary N) is 1. The number of ether oxygens (including phenoxy) is 1. The van der Waals surface area contributed by atoms with Gasteiger partial charge in [-0.05, 0) is 36.1 Å². The van der Waals surface area contributed by atoms with Gasteiger partial charge in [-0.2, -0.15) is 0 Å². The number of hydrogen-bond acceptors (Lipinski definition) is 5. The van der Waals surface area contributed by atoms with Gasteiger partial charge in [0.15, 0.2) is 0 Å². The normalized spacial score (nSPS) is 12.2. The van der Waals surface area contributed by atoms with Crippen molar-refractivity contribution in [3.05, 3.63) is 53.5 Å². The summed E-state index contributed by atoms with van der Waals surface area (Å²) in [7, 11) is 1.60. The first kappa shape index (κ1) is 13.5. The van der Waals surface area contributed by atoms with Crippen LogP contribution < -0.4 is 16.0 Å². The van der Waals surface area contributed by atoms with E-state index in [-0.39, 0.29) is 6.04 Å². The zero-order valence-corrected chi connectivity index (χ0v) is 11.1. The van der Waals surface area contributed by atoms with Crippen LogP contribution in [-0.4, -0.2) is 17.1 Å². The zero-order chi connectivity index (χ0) is 13.7. The molecule has 2 heterocycles. The predicted molar refractivity (Wildman–Crippen MR) is 73.5 cm³/mol. The minimum atomic E-state index is 0.0175. The molecule has 3 N–H and O–H groups in total. The molecule has 0 saturated heterocycles. The molecule has 5 nitrogen and oxygen atoms in total. The SMILES string of the molecule is COc1ccc(CC(NN)c2cnccc2C)cn1. The average Bonchev–Trinajstić information content (AvgIpc) is 2.46. The first-order valence-corrected chi connectivity index (χ1v) is 6.10. The van der Waals surface area contributed by atoms with Gasteiger partial charge in [0.1, 0.15) is 0 Å². The van der Waals surface area contributed by atoms with Gasteiger partial charge < -0.3 is 4.74 Å². The standard InChI is InChI=1S/C14H18N4O/c1-10-5-6-16-9-12(10)13(18-15)7-11-3-4-14(19-2)17-8-11/h3-6,8-9,13,18H,7,15H2,1-2H3. The minimum absolute atomic E-state index is 0.0175. The van der Waals surface area contributed by atoms with Gasteiger partial charge in [0.25, 0.3) is 0 Å². The summed E-state index contributed by atoms with van der Waals surface area (Å²) < 4.78 is 5.04. The Morgan fingerprint density at radius 1 is 1.32 bits per heavy atom. The molecule has 0 aromatic carbocycles. The Balaban J connectivity index is 2.17. The lowest BCUT2D eigenvalue weighted by molar-refractivity contribution is 0.397. The molecule has 0 saturated carbocycles. The fourth-order valence-electron chi connectivity index (χ4n) is 1.99. The quantitative estimate of drug-likeness (QED) is 0.628. The van der Waals surface area contributed by atoms with Crippen LogP contribution >= 0.6 is 0 Å². The molecule has 0 fully saturated rings. The molecule has 19 heavy (non-hydrogen) atoms. The molecule has 0 amide bonds. The van der Waals surface area contributed by atoms with Crippen molar-refractivity contribution < 1.29 is 4.74 Å². The second kappa shape index (κ2) is 6.26. The molecule has 2 rings (SSSR count). The smallest absolute Gasteiger partial charge is 0.212 e. The molecule has 0 radical (unpaired) electrons. The Morgan fingerprint density at radius 2 is 2.16 bits per heavy atom. The van der Waals surface area contributed by atoms with Gasteiger partial charge in [0.2, 0.25) is 5.88 Å². The van der Waals surface area contributed by atoms with Crippen LogP contribution in [0.5, 0.6) is 5.88 Å². The molecule has 0 spiro atoms. The lowest BCUT2D eigenvalue weighted by atomic mass is 9.98. The van der Waals surface area contributed by atoms with E-state index < -0.39 is 0 Å². The first-order chi connectivity index (χ1) is 9.24. The van der Waals surface area contributed by atoms with Crippen molar-refractivity contribution in [1.82, 2.24) is 15.4 Å². The van der Waals surface area contributed by atoms with E-state index in [0.717, 1.165) is 17.5 Å². The monoisotopic (exact) mass is 258 g/mol. The van der Waals surface area contributed by atoms with Gasteiger partial charge in [0, 0.05) is 24.7 Å². The number of nitrogens with one attached hydrogen (secondary N) is 1. The highest BCUT2D eigenvalue weighted by Crippen LogP contribution is 2.20. The number of aromatic nitrogens is 2. The molecule has 1 unspecified atom stereocenters. The Morgan fingerprint density at radius 3 is 2.74 bits per heavy atom. The van der Waals surface area contributed by atoms with Crippen LogP contribution in [0, 0.1) is 6.92 Å². The van der Waals surface area contributed by atoms with Crippen LogP contribution in [0.2, 0.25) is 0 Å². The fourth-order valence-corrected chi connectivity index (χ4v) is 1.99. The van der Waals surface area contributed by atoms with Gasteiger partial charge in [-0.25, -0.2) is 4.98 Å². The van der Waals surface area contributed by atoms with Crippen LogP contribution in [0.15, 0.2) is 36.8 Å². The maximum atomic E-state index is 5.65. The molecular formula is C14H18N4O. The van der Waals surface area contributed by atoms with Gasteiger partial charge in [-0.15, -0.1) is 0 Å². The highest BCUT2D eigenvalue weighted by atomic mass is 16.5. The number of aryl methyl sites for hydroxylation is 1. The number of nitrogens with zero attached hydrogens (tertiary/aromatic N) is 2. The lowest BCUT2D eigenvalue weighted by Gasteiger charge is -2.18. The number of hydrogen-bond donors (Lipinski definition) is 2. The van der Waals surface area contributed by atoms with Crippen LogP contribution in [-0.2, 0) is 6.42 Å². The molecule has 0 bridgehead atoms. The van der Waals surface area contributed by atoms with Crippen LogP contribution in [0.1, 0.15) is 22.7 Å². The summed E-state index contributed by atoms with van der Waals surface area (Å²) in [5.74, 6) is 6.26. The minimum Gasteiger partial charge on any atom is -0.481 e. The van der Waals surface area contributed by atoms with E-state index in [1.807, 2.05) is 31.3 Å². The Kier molecular flexibility index (Phi) is 4.43. The maximum Gasteiger partial charge on any atom is 0.212 e. The molecule has 2 aromatic rings. The van der Waals surface area contributed by atoms with Gasteiger partial charge in [-0.1, -0.05) is 6.07 Å². The molecule has 100 valence electrons. The predicted octanol–water partition coefficient (Wildman–Crippen LogP) is 1.54. The molecule has 0 aliphatic heterocycles. The largest absolute Gasteiger partial charge is 0.481 e. The average molecular weight is 258 g/mol. The summed E-state index contributed by atoms with van der Waals surface area (Å²) in [6, 6.07) is 5.83. The van der Waals surface area contributed by atoms with Crippen molar-refractivity contribution in [3.8, 4) is 5.88 Å². The van der Waals surface area contributed by atoms with Crippen molar-refractivity contribution in [2.45, 2.75) is 19.4 Å².